The van der Waals surface area contributed by atoms with Gasteiger partial charge in [0.1, 0.15) is 15.5 Å². The van der Waals surface area contributed by atoms with Gasteiger partial charge in [-0.05, 0) is 55.3 Å². The van der Waals surface area contributed by atoms with E-state index in [9.17, 15) is 13.2 Å². The summed E-state index contributed by atoms with van der Waals surface area (Å²) in [5.41, 5.74) is 5.76. The monoisotopic (exact) mass is 516 g/mol. The van der Waals surface area contributed by atoms with Crippen LogP contribution in [0.25, 0.3) is 44.5 Å². The van der Waals surface area contributed by atoms with Crippen molar-refractivity contribution < 1.29 is 8.42 Å². The summed E-state index contributed by atoms with van der Waals surface area (Å²) in [5, 5.41) is 5.83. The van der Waals surface area contributed by atoms with Crippen molar-refractivity contribution in [2.45, 2.75) is 24.6 Å². The van der Waals surface area contributed by atoms with Gasteiger partial charge in [-0.1, -0.05) is 24.3 Å². The fraction of sp³-hybridized carbons (Fsp3) is 0.296. The number of likely N-dealkylation sites (tertiary alicyclic amines) is 1. The second kappa shape index (κ2) is 8.97. The highest BCUT2D eigenvalue weighted by Crippen LogP contribution is 2.30. The van der Waals surface area contributed by atoms with Gasteiger partial charge in [0.15, 0.2) is 0 Å². The zero-order valence-electron chi connectivity index (χ0n) is 20.7. The van der Waals surface area contributed by atoms with Crippen molar-refractivity contribution in [1.29, 1.82) is 0 Å². The molecular weight excluding hydrogens is 488 g/mol. The van der Waals surface area contributed by atoms with Crippen LogP contribution >= 0.6 is 0 Å². The standard InChI is InChI=1S/C27H28N6O3S/c1-32-25(7-10-29-32)22-13-20-21-14-23(30-26(21)28-15-24(20)31-27(22)34)18-5-3-17(4-6-18)16-33-11-8-19(9-12-33)37(2,35)36/h3-7,10,13-15,19H,8-9,11-12,16H2,1-2H3,(H,28,30)(H,31,34). The molecule has 0 radical (unpaired) electrons. The number of pyridine rings is 2. The van der Waals surface area contributed by atoms with E-state index in [0.717, 1.165) is 53.0 Å². The lowest BCUT2D eigenvalue weighted by atomic mass is 10.1. The van der Waals surface area contributed by atoms with E-state index < -0.39 is 9.84 Å². The summed E-state index contributed by atoms with van der Waals surface area (Å²) in [7, 11) is -1.14. The van der Waals surface area contributed by atoms with Gasteiger partial charge in [0, 0.05) is 42.5 Å². The van der Waals surface area contributed by atoms with Crippen LogP contribution in [0.4, 0.5) is 0 Å². The van der Waals surface area contributed by atoms with E-state index in [2.05, 4.69) is 55.3 Å². The van der Waals surface area contributed by atoms with Crippen molar-refractivity contribution in [3.8, 4) is 22.5 Å². The van der Waals surface area contributed by atoms with Crippen LogP contribution in [0.1, 0.15) is 18.4 Å². The lowest BCUT2D eigenvalue weighted by Crippen LogP contribution is -2.38. The third kappa shape index (κ3) is 4.47. The summed E-state index contributed by atoms with van der Waals surface area (Å²) in [6.45, 7) is 2.39. The number of hydrogen-bond acceptors (Lipinski definition) is 6. The van der Waals surface area contributed by atoms with Crippen LogP contribution in [0.5, 0.6) is 0 Å². The van der Waals surface area contributed by atoms with Gasteiger partial charge in [-0.25, -0.2) is 13.4 Å². The van der Waals surface area contributed by atoms with Gasteiger partial charge in [-0.3, -0.25) is 14.4 Å². The quantitative estimate of drug-likeness (QED) is 0.369. The molecule has 0 bridgehead atoms. The number of benzene rings is 1. The SMILES string of the molecule is Cn1nccc1-c1cc2c(cnc3[nH]c(-c4ccc(CN5CCC(S(C)(=O)=O)CC5)cc4)cc32)[nH]c1=O. The summed E-state index contributed by atoms with van der Waals surface area (Å²) in [6.07, 6.45) is 6.09. The van der Waals surface area contributed by atoms with Crippen LogP contribution in [0.15, 0.2) is 59.7 Å². The molecule has 37 heavy (non-hydrogen) atoms. The maximum absolute atomic E-state index is 12.7. The molecular formula is C27H28N6O3S. The smallest absolute Gasteiger partial charge is 0.257 e. The number of aromatic nitrogens is 5. The fourth-order valence-corrected chi connectivity index (χ4v) is 6.34. The van der Waals surface area contributed by atoms with Crippen LogP contribution in [0.2, 0.25) is 0 Å². The molecule has 1 aromatic carbocycles. The van der Waals surface area contributed by atoms with E-state index in [1.165, 1.54) is 11.8 Å². The van der Waals surface area contributed by atoms with Gasteiger partial charge in [-0.15, -0.1) is 0 Å². The van der Waals surface area contributed by atoms with Gasteiger partial charge < -0.3 is 9.97 Å². The number of hydrogen-bond donors (Lipinski definition) is 2. The molecule has 4 aromatic heterocycles. The predicted octanol–water partition coefficient (Wildman–Crippen LogP) is 3.48. The lowest BCUT2D eigenvalue weighted by molar-refractivity contribution is 0.222. The molecule has 9 nitrogen and oxygen atoms in total. The molecule has 10 heteroatoms. The van der Waals surface area contributed by atoms with Crippen LogP contribution in [0, 0.1) is 0 Å². The Morgan fingerprint density at radius 3 is 2.46 bits per heavy atom. The van der Waals surface area contributed by atoms with Gasteiger partial charge in [0.05, 0.1) is 28.2 Å². The molecule has 190 valence electrons. The Balaban J connectivity index is 1.27. The summed E-state index contributed by atoms with van der Waals surface area (Å²) < 4.78 is 25.3. The van der Waals surface area contributed by atoms with Gasteiger partial charge in [-0.2, -0.15) is 5.10 Å². The maximum atomic E-state index is 12.7. The Bertz CT molecular complexity index is 1770. The first-order valence-corrected chi connectivity index (χ1v) is 14.3. The number of fused-ring (bicyclic) bond motifs is 3. The normalized spacial score (nSPS) is 15.6. The van der Waals surface area contributed by atoms with E-state index >= 15 is 0 Å². The summed E-state index contributed by atoms with van der Waals surface area (Å²) in [5.74, 6) is 0. The third-order valence-corrected chi connectivity index (χ3v) is 9.07. The average Bonchev–Trinajstić information content (AvgIpc) is 3.50. The van der Waals surface area contributed by atoms with Crippen molar-refractivity contribution in [3.05, 3.63) is 70.8 Å². The van der Waals surface area contributed by atoms with Crippen molar-refractivity contribution in [1.82, 2.24) is 29.6 Å². The first-order chi connectivity index (χ1) is 17.8. The highest BCUT2D eigenvalue weighted by molar-refractivity contribution is 7.91. The zero-order chi connectivity index (χ0) is 25.7. The van der Waals surface area contributed by atoms with Crippen molar-refractivity contribution in [2.24, 2.45) is 7.05 Å². The minimum atomic E-state index is -2.96. The van der Waals surface area contributed by atoms with Crippen molar-refractivity contribution in [3.63, 3.8) is 0 Å². The van der Waals surface area contributed by atoms with E-state index in [4.69, 9.17) is 0 Å². The highest BCUT2D eigenvalue weighted by Gasteiger charge is 2.26. The zero-order valence-corrected chi connectivity index (χ0v) is 21.5. The minimum absolute atomic E-state index is 0.177. The Kier molecular flexibility index (Phi) is 5.73. The molecule has 2 N–H and O–H groups in total. The number of H-pyrrole nitrogens is 2. The Morgan fingerprint density at radius 1 is 1.03 bits per heavy atom. The number of rotatable bonds is 5. The minimum Gasteiger partial charge on any atom is -0.339 e. The molecule has 5 aromatic rings. The van der Waals surface area contributed by atoms with E-state index in [-0.39, 0.29) is 10.8 Å². The first kappa shape index (κ1) is 23.6. The number of piperidine rings is 1. The number of sulfone groups is 1. The molecule has 0 unspecified atom stereocenters. The van der Waals surface area contributed by atoms with Crippen molar-refractivity contribution >= 4 is 31.8 Å². The highest BCUT2D eigenvalue weighted by atomic mass is 32.2. The number of nitrogens with one attached hydrogen (secondary N) is 2. The maximum Gasteiger partial charge on any atom is 0.257 e. The molecule has 6 rings (SSSR count). The van der Waals surface area contributed by atoms with Crippen LogP contribution in [-0.2, 0) is 23.4 Å². The molecule has 1 fully saturated rings. The van der Waals surface area contributed by atoms with Gasteiger partial charge in [0.25, 0.3) is 5.56 Å². The summed E-state index contributed by atoms with van der Waals surface area (Å²) >= 11 is 0. The summed E-state index contributed by atoms with van der Waals surface area (Å²) in [6, 6.07) is 14.2. The molecule has 0 spiro atoms. The largest absolute Gasteiger partial charge is 0.339 e. The Hall–Kier alpha value is -3.76. The average molecular weight is 517 g/mol. The molecule has 0 saturated carbocycles. The van der Waals surface area contributed by atoms with Crippen LogP contribution in [0.3, 0.4) is 0 Å². The number of aryl methyl sites for hydroxylation is 1. The Morgan fingerprint density at radius 2 is 1.78 bits per heavy atom. The molecule has 5 heterocycles. The second-order valence-electron chi connectivity index (χ2n) is 9.88. The first-order valence-electron chi connectivity index (χ1n) is 12.3. The molecule has 0 aliphatic carbocycles. The van der Waals surface area contributed by atoms with E-state index in [0.29, 0.717) is 23.9 Å². The fourth-order valence-electron chi connectivity index (χ4n) is 5.28. The van der Waals surface area contributed by atoms with E-state index in [1.807, 2.05) is 19.2 Å². The molecule has 1 saturated heterocycles. The second-order valence-corrected chi connectivity index (χ2v) is 12.2. The summed E-state index contributed by atoms with van der Waals surface area (Å²) in [4.78, 5) is 25.9. The Labute approximate surface area is 214 Å². The molecule has 0 amide bonds. The molecule has 1 aliphatic rings. The number of nitrogens with zero attached hydrogens (tertiary/aromatic N) is 4. The predicted molar refractivity (Wildman–Crippen MR) is 145 cm³/mol. The van der Waals surface area contributed by atoms with Crippen LogP contribution < -0.4 is 5.56 Å². The van der Waals surface area contributed by atoms with Crippen LogP contribution in [-0.4, -0.2) is 62.6 Å². The lowest BCUT2D eigenvalue weighted by Gasteiger charge is -2.31. The van der Waals surface area contributed by atoms with Gasteiger partial charge >= 0.3 is 0 Å². The van der Waals surface area contributed by atoms with E-state index in [1.54, 1.807) is 17.1 Å². The number of aromatic amines is 2. The third-order valence-electron chi connectivity index (χ3n) is 7.39. The molecule has 1 aliphatic heterocycles. The topological polar surface area (TPSA) is 117 Å². The van der Waals surface area contributed by atoms with Gasteiger partial charge in [0.2, 0.25) is 0 Å². The molecule has 0 atom stereocenters. The van der Waals surface area contributed by atoms with Crippen molar-refractivity contribution in [2.75, 3.05) is 19.3 Å².